The van der Waals surface area contributed by atoms with E-state index in [0.717, 1.165) is 17.0 Å². The average molecular weight is 338 g/mol. The number of hydrogen-bond donors (Lipinski definition) is 1. The molecule has 0 unspecified atom stereocenters. The Hall–Kier alpha value is -2.60. The maximum Gasteiger partial charge on any atom is 0.260 e. The van der Waals surface area contributed by atoms with Crippen molar-refractivity contribution in [3.05, 3.63) is 70.2 Å². The van der Waals surface area contributed by atoms with Crippen LogP contribution in [0, 0.1) is 6.92 Å². The van der Waals surface area contributed by atoms with Crippen LogP contribution in [0.3, 0.4) is 0 Å². The van der Waals surface area contributed by atoms with Crippen LogP contribution < -0.4 is 5.32 Å². The van der Waals surface area contributed by atoms with Gasteiger partial charge in [0.15, 0.2) is 5.13 Å². The van der Waals surface area contributed by atoms with E-state index in [1.807, 2.05) is 32.0 Å². The summed E-state index contributed by atoms with van der Waals surface area (Å²) in [6.45, 7) is 3.79. The van der Waals surface area contributed by atoms with Gasteiger partial charge >= 0.3 is 0 Å². The fourth-order valence-corrected chi connectivity index (χ4v) is 3.23. The lowest BCUT2D eigenvalue weighted by molar-refractivity contribution is 0.102. The number of amides is 1. The molecule has 6 heteroatoms. The van der Waals surface area contributed by atoms with Gasteiger partial charge in [0.05, 0.1) is 11.3 Å². The molecule has 24 heavy (non-hydrogen) atoms. The minimum absolute atomic E-state index is 0.215. The normalized spacial score (nSPS) is 10.6. The summed E-state index contributed by atoms with van der Waals surface area (Å²) in [5.41, 5.74) is 2.48. The fraction of sp³-hybridized carbons (Fsp3) is 0.222. The fourth-order valence-electron chi connectivity index (χ4n) is 2.38. The Morgan fingerprint density at radius 2 is 1.96 bits per heavy atom. The van der Waals surface area contributed by atoms with Gasteiger partial charge < -0.3 is 0 Å². The molecule has 122 valence electrons. The zero-order valence-corrected chi connectivity index (χ0v) is 14.4. The van der Waals surface area contributed by atoms with Crippen molar-refractivity contribution in [3.63, 3.8) is 0 Å². The molecular formula is C18H18N4OS. The van der Waals surface area contributed by atoms with Gasteiger partial charge in [0.25, 0.3) is 5.91 Å². The van der Waals surface area contributed by atoms with Crippen LogP contribution >= 0.6 is 11.3 Å². The molecule has 0 radical (unpaired) electrons. The van der Waals surface area contributed by atoms with Gasteiger partial charge in [-0.2, -0.15) is 0 Å². The van der Waals surface area contributed by atoms with Gasteiger partial charge in [-0.15, -0.1) is 11.3 Å². The van der Waals surface area contributed by atoms with Crippen LogP contribution in [0.4, 0.5) is 5.13 Å². The van der Waals surface area contributed by atoms with Crippen molar-refractivity contribution in [2.45, 2.75) is 26.7 Å². The summed E-state index contributed by atoms with van der Waals surface area (Å²) in [6, 6.07) is 10.2. The molecule has 0 saturated heterocycles. The van der Waals surface area contributed by atoms with E-state index in [0.29, 0.717) is 22.9 Å². The molecule has 1 amide bonds. The van der Waals surface area contributed by atoms with Crippen LogP contribution in [0.2, 0.25) is 0 Å². The monoisotopic (exact) mass is 338 g/mol. The highest BCUT2D eigenvalue weighted by Crippen LogP contribution is 2.22. The van der Waals surface area contributed by atoms with Crippen molar-refractivity contribution >= 4 is 22.4 Å². The number of carbonyl (C=O) groups excluding carboxylic acids is 1. The smallest absolute Gasteiger partial charge is 0.260 e. The Kier molecular flexibility index (Phi) is 4.96. The molecule has 0 spiro atoms. The minimum atomic E-state index is -0.215. The van der Waals surface area contributed by atoms with E-state index >= 15 is 0 Å². The molecule has 1 aromatic carbocycles. The molecule has 0 saturated carbocycles. The first-order valence-electron chi connectivity index (χ1n) is 7.78. The highest BCUT2D eigenvalue weighted by atomic mass is 32.1. The highest BCUT2D eigenvalue weighted by Gasteiger charge is 2.14. The summed E-state index contributed by atoms with van der Waals surface area (Å²) in [5.74, 6) is 0.454. The number of benzene rings is 1. The van der Waals surface area contributed by atoms with Crippen LogP contribution in [-0.2, 0) is 12.8 Å². The first kappa shape index (κ1) is 16.3. The molecule has 0 aliphatic carbocycles. The van der Waals surface area contributed by atoms with Gasteiger partial charge in [0.2, 0.25) is 0 Å². The minimum Gasteiger partial charge on any atom is -0.298 e. The van der Waals surface area contributed by atoms with Gasteiger partial charge in [0, 0.05) is 23.7 Å². The van der Waals surface area contributed by atoms with Crippen LogP contribution in [0.1, 0.15) is 39.2 Å². The third kappa shape index (κ3) is 3.83. The van der Waals surface area contributed by atoms with Crippen molar-refractivity contribution < 1.29 is 4.79 Å². The maximum atomic E-state index is 12.4. The summed E-state index contributed by atoms with van der Waals surface area (Å²) >= 11 is 1.48. The van der Waals surface area contributed by atoms with Gasteiger partial charge in [-0.1, -0.05) is 37.3 Å². The van der Waals surface area contributed by atoms with Crippen molar-refractivity contribution in [2.75, 3.05) is 5.32 Å². The summed E-state index contributed by atoms with van der Waals surface area (Å²) in [6.07, 6.45) is 4.88. The van der Waals surface area contributed by atoms with Gasteiger partial charge in [-0.25, -0.2) is 15.0 Å². The average Bonchev–Trinajstić information content (AvgIpc) is 3.02. The number of rotatable bonds is 5. The Bertz CT molecular complexity index is 845. The highest BCUT2D eigenvalue weighted by molar-refractivity contribution is 7.15. The Morgan fingerprint density at radius 3 is 2.71 bits per heavy atom. The first-order valence-corrected chi connectivity index (χ1v) is 8.60. The topological polar surface area (TPSA) is 67.8 Å². The van der Waals surface area contributed by atoms with E-state index in [9.17, 15) is 4.79 Å². The standard InChI is InChI=1S/C18H18N4OS/c1-3-16-15(11-19-12(2)21-16)17(23)22-18-20-10-14(24-18)9-13-7-5-4-6-8-13/h4-8,10-11H,3,9H2,1-2H3,(H,20,22,23). The number of nitrogens with zero attached hydrogens (tertiary/aromatic N) is 3. The second-order valence-electron chi connectivity index (χ2n) is 5.38. The van der Waals surface area contributed by atoms with E-state index in [1.165, 1.54) is 16.9 Å². The molecule has 0 bridgehead atoms. The van der Waals surface area contributed by atoms with Gasteiger partial charge in [-0.3, -0.25) is 10.1 Å². The molecule has 0 atom stereocenters. The van der Waals surface area contributed by atoms with Gasteiger partial charge in [-0.05, 0) is 18.9 Å². The quantitative estimate of drug-likeness (QED) is 0.771. The summed E-state index contributed by atoms with van der Waals surface area (Å²) in [7, 11) is 0. The Balaban J connectivity index is 1.71. The number of nitrogens with one attached hydrogen (secondary N) is 1. The summed E-state index contributed by atoms with van der Waals surface area (Å²) in [4.78, 5) is 26.3. The van der Waals surface area contributed by atoms with Crippen molar-refractivity contribution in [1.82, 2.24) is 15.0 Å². The predicted octanol–water partition coefficient (Wildman–Crippen LogP) is 3.65. The number of aryl methyl sites for hydroxylation is 2. The lowest BCUT2D eigenvalue weighted by Crippen LogP contribution is -2.16. The molecule has 0 aliphatic heterocycles. The number of hydrogen-bond acceptors (Lipinski definition) is 5. The molecule has 3 rings (SSSR count). The third-order valence-corrected chi connectivity index (χ3v) is 4.48. The largest absolute Gasteiger partial charge is 0.298 e. The molecule has 0 aliphatic rings. The van der Waals surface area contributed by atoms with Gasteiger partial charge in [0.1, 0.15) is 5.82 Å². The number of carbonyl (C=O) groups is 1. The van der Waals surface area contributed by atoms with Crippen LogP contribution in [0.5, 0.6) is 0 Å². The summed E-state index contributed by atoms with van der Waals surface area (Å²) in [5, 5.41) is 3.44. The predicted molar refractivity (Wildman–Crippen MR) is 95.5 cm³/mol. The zero-order valence-electron chi connectivity index (χ0n) is 13.6. The lowest BCUT2D eigenvalue weighted by Gasteiger charge is -2.06. The van der Waals surface area contributed by atoms with Crippen LogP contribution in [0.25, 0.3) is 0 Å². The van der Waals surface area contributed by atoms with E-state index < -0.39 is 0 Å². The molecule has 3 aromatic rings. The molecule has 5 nitrogen and oxygen atoms in total. The maximum absolute atomic E-state index is 12.4. The lowest BCUT2D eigenvalue weighted by atomic mass is 10.1. The molecule has 2 heterocycles. The SMILES string of the molecule is CCc1nc(C)ncc1C(=O)Nc1ncc(Cc2ccccc2)s1. The molecule has 2 aromatic heterocycles. The van der Waals surface area contributed by atoms with E-state index in [2.05, 4.69) is 32.4 Å². The van der Waals surface area contributed by atoms with Crippen LogP contribution in [-0.4, -0.2) is 20.9 Å². The van der Waals surface area contributed by atoms with Crippen molar-refractivity contribution in [3.8, 4) is 0 Å². The van der Waals surface area contributed by atoms with E-state index in [4.69, 9.17) is 0 Å². The summed E-state index contributed by atoms with van der Waals surface area (Å²) < 4.78 is 0. The molecular weight excluding hydrogens is 320 g/mol. The zero-order chi connectivity index (χ0) is 16.9. The van der Waals surface area contributed by atoms with E-state index in [-0.39, 0.29) is 5.91 Å². The Labute approximate surface area is 144 Å². The van der Waals surface area contributed by atoms with Crippen molar-refractivity contribution in [1.29, 1.82) is 0 Å². The van der Waals surface area contributed by atoms with Crippen molar-refractivity contribution in [2.24, 2.45) is 0 Å². The third-order valence-electron chi connectivity index (χ3n) is 3.56. The second-order valence-corrected chi connectivity index (χ2v) is 6.49. The molecule has 1 N–H and O–H groups in total. The molecule has 0 fully saturated rings. The Morgan fingerprint density at radius 1 is 1.17 bits per heavy atom. The van der Waals surface area contributed by atoms with Crippen LogP contribution in [0.15, 0.2) is 42.7 Å². The first-order chi connectivity index (χ1) is 11.7. The second kappa shape index (κ2) is 7.31. The van der Waals surface area contributed by atoms with E-state index in [1.54, 1.807) is 12.4 Å². The number of thiazole rings is 1. The number of anilines is 1. The number of aromatic nitrogens is 3.